The van der Waals surface area contributed by atoms with Crippen LogP contribution in [0.1, 0.15) is 44.0 Å². The summed E-state index contributed by atoms with van der Waals surface area (Å²) in [5.41, 5.74) is 0. The topological polar surface area (TPSA) is 63.4 Å². The third-order valence-electron chi connectivity index (χ3n) is 4.04. The van der Waals surface area contributed by atoms with Crippen molar-refractivity contribution < 1.29 is 9.26 Å². The fraction of sp³-hybridized carbons (Fsp3) is 0.846. The Hall–Kier alpha value is -1.14. The molecule has 0 amide bonds. The van der Waals surface area contributed by atoms with E-state index in [0.29, 0.717) is 5.89 Å². The minimum absolute atomic E-state index is 0.137. The number of nitrogens with zero attached hydrogens (tertiary/aromatic N) is 3. The largest absolute Gasteiger partial charge is 0.380 e. The van der Waals surface area contributed by atoms with Gasteiger partial charge in [0, 0.05) is 26.7 Å². The number of rotatable bonds is 3. The highest BCUT2D eigenvalue weighted by molar-refractivity contribution is 5.28. The first-order valence-corrected chi connectivity index (χ1v) is 7.21. The van der Waals surface area contributed by atoms with Gasteiger partial charge < -0.3 is 19.5 Å². The fourth-order valence-corrected chi connectivity index (χ4v) is 2.84. The van der Waals surface area contributed by atoms with Crippen LogP contribution in [0, 0.1) is 0 Å². The van der Waals surface area contributed by atoms with Crippen molar-refractivity contribution in [2.75, 3.05) is 31.6 Å². The maximum absolute atomic E-state index is 5.41. The summed E-state index contributed by atoms with van der Waals surface area (Å²) in [5, 5.41) is 7.50. The van der Waals surface area contributed by atoms with Crippen molar-refractivity contribution >= 4 is 5.95 Å². The first-order chi connectivity index (χ1) is 9.36. The smallest absolute Gasteiger partial charge is 0.266 e. The molecule has 0 unspecified atom stereocenters. The van der Waals surface area contributed by atoms with Gasteiger partial charge in [0.25, 0.3) is 5.95 Å². The summed E-state index contributed by atoms with van der Waals surface area (Å²) in [6.07, 6.45) is 6.20. The molecule has 1 aromatic rings. The zero-order valence-electron chi connectivity index (χ0n) is 11.5. The van der Waals surface area contributed by atoms with Crippen LogP contribution in [0.25, 0.3) is 0 Å². The molecular weight excluding hydrogens is 244 g/mol. The number of aromatic nitrogens is 2. The quantitative estimate of drug-likeness (QED) is 0.894. The van der Waals surface area contributed by atoms with Gasteiger partial charge in [0.1, 0.15) is 0 Å². The Morgan fingerprint density at radius 3 is 2.74 bits per heavy atom. The molecule has 0 radical (unpaired) electrons. The lowest BCUT2D eigenvalue weighted by Gasteiger charge is -2.16. The lowest BCUT2D eigenvalue weighted by molar-refractivity contribution is 0.116. The van der Waals surface area contributed by atoms with E-state index in [2.05, 4.69) is 20.4 Å². The number of anilines is 1. The molecule has 6 nitrogen and oxygen atoms in total. The zero-order valence-corrected chi connectivity index (χ0v) is 11.5. The van der Waals surface area contributed by atoms with E-state index >= 15 is 0 Å². The van der Waals surface area contributed by atoms with Gasteiger partial charge in [-0.1, -0.05) is 12.8 Å². The van der Waals surface area contributed by atoms with Crippen LogP contribution >= 0.6 is 0 Å². The molecule has 3 rings (SSSR count). The van der Waals surface area contributed by atoms with Gasteiger partial charge in [0.2, 0.25) is 5.89 Å². The maximum Gasteiger partial charge on any atom is 0.266 e. The van der Waals surface area contributed by atoms with Crippen LogP contribution in [0.3, 0.4) is 0 Å². The maximum atomic E-state index is 5.41. The van der Waals surface area contributed by atoms with Crippen molar-refractivity contribution in [1.82, 2.24) is 15.5 Å². The molecule has 0 bridgehead atoms. The summed E-state index contributed by atoms with van der Waals surface area (Å²) < 4.78 is 10.8. The Morgan fingerprint density at radius 2 is 2.05 bits per heavy atom. The molecule has 106 valence electrons. The first kappa shape index (κ1) is 12.9. The number of ether oxygens (including phenoxy) is 1. The van der Waals surface area contributed by atoms with E-state index in [4.69, 9.17) is 9.26 Å². The molecule has 1 N–H and O–H groups in total. The Balaban J connectivity index is 1.65. The molecule has 2 atom stereocenters. The molecule has 3 heterocycles. The van der Waals surface area contributed by atoms with Crippen molar-refractivity contribution in [3.05, 3.63) is 5.89 Å². The van der Waals surface area contributed by atoms with Gasteiger partial charge in [0.15, 0.2) is 0 Å². The van der Waals surface area contributed by atoms with Crippen molar-refractivity contribution in [1.29, 1.82) is 0 Å². The van der Waals surface area contributed by atoms with Crippen LogP contribution in [0.4, 0.5) is 5.95 Å². The Labute approximate surface area is 113 Å². The number of hydrogen-bond donors (Lipinski definition) is 1. The highest BCUT2D eigenvalue weighted by Gasteiger charge is 2.30. The summed E-state index contributed by atoms with van der Waals surface area (Å²) in [5.74, 6) is 1.44. The highest BCUT2D eigenvalue weighted by atomic mass is 16.5. The second-order valence-electron chi connectivity index (χ2n) is 5.39. The number of nitrogens with one attached hydrogen (secondary N) is 1. The van der Waals surface area contributed by atoms with E-state index in [1.54, 1.807) is 7.11 Å². The molecule has 0 spiro atoms. The summed E-state index contributed by atoms with van der Waals surface area (Å²) >= 11 is 0. The van der Waals surface area contributed by atoms with Gasteiger partial charge in [0.05, 0.1) is 12.1 Å². The highest BCUT2D eigenvalue weighted by Crippen LogP contribution is 2.25. The van der Waals surface area contributed by atoms with Crippen molar-refractivity contribution in [3.8, 4) is 0 Å². The summed E-state index contributed by atoms with van der Waals surface area (Å²) in [6.45, 7) is 2.93. The molecule has 2 fully saturated rings. The van der Waals surface area contributed by atoms with Gasteiger partial charge in [-0.05, 0) is 24.4 Å². The number of methoxy groups -OCH3 is 1. The van der Waals surface area contributed by atoms with Crippen molar-refractivity contribution in [2.24, 2.45) is 0 Å². The Kier molecular flexibility index (Phi) is 3.98. The van der Waals surface area contributed by atoms with Crippen LogP contribution < -0.4 is 10.2 Å². The van der Waals surface area contributed by atoms with Gasteiger partial charge >= 0.3 is 0 Å². The lowest BCUT2D eigenvalue weighted by atomic mass is 10.2. The number of hydrogen-bond acceptors (Lipinski definition) is 6. The average Bonchev–Trinajstić information content (AvgIpc) is 3.02. The second kappa shape index (κ2) is 5.88. The molecule has 2 aliphatic rings. The predicted octanol–water partition coefficient (Wildman–Crippen LogP) is 1.50. The molecule has 0 aromatic carbocycles. The molecule has 0 aliphatic carbocycles. The summed E-state index contributed by atoms with van der Waals surface area (Å²) in [7, 11) is 1.74. The zero-order chi connectivity index (χ0) is 13.1. The van der Waals surface area contributed by atoms with Crippen molar-refractivity contribution in [2.45, 2.75) is 44.2 Å². The molecule has 1 aromatic heterocycles. The van der Waals surface area contributed by atoms with Gasteiger partial charge in [-0.15, -0.1) is 0 Å². The second-order valence-corrected chi connectivity index (χ2v) is 5.39. The molecule has 19 heavy (non-hydrogen) atoms. The lowest BCUT2D eigenvalue weighted by Crippen LogP contribution is -2.25. The molecule has 2 aliphatic heterocycles. The van der Waals surface area contributed by atoms with Crippen molar-refractivity contribution in [3.63, 3.8) is 0 Å². The van der Waals surface area contributed by atoms with Gasteiger partial charge in [-0.3, -0.25) is 0 Å². The summed E-state index contributed by atoms with van der Waals surface area (Å²) in [6, 6.07) is 0.137. The van der Waals surface area contributed by atoms with E-state index in [1.807, 2.05) is 0 Å². The Morgan fingerprint density at radius 1 is 1.26 bits per heavy atom. The van der Waals surface area contributed by atoms with Crippen LogP contribution in [0.2, 0.25) is 0 Å². The van der Waals surface area contributed by atoms with Crippen LogP contribution in [0.5, 0.6) is 0 Å². The normalized spacial score (nSPS) is 28.6. The predicted molar refractivity (Wildman–Crippen MR) is 71.1 cm³/mol. The van der Waals surface area contributed by atoms with E-state index in [0.717, 1.165) is 32.0 Å². The fourth-order valence-electron chi connectivity index (χ4n) is 2.84. The average molecular weight is 266 g/mol. The Bertz CT molecular complexity index is 401. The monoisotopic (exact) mass is 266 g/mol. The van der Waals surface area contributed by atoms with E-state index in [-0.39, 0.29) is 12.1 Å². The standard InChI is InChI=1S/C13H22N4O2/c1-18-10-8-11(14-9-10)12-15-13(16-19-12)17-6-4-2-3-5-7-17/h10-11,14H,2-9H2,1H3/t10-,11+/m0/s1. The molecule has 2 saturated heterocycles. The van der Waals surface area contributed by atoms with E-state index < -0.39 is 0 Å². The van der Waals surface area contributed by atoms with Crippen LogP contribution in [0.15, 0.2) is 4.52 Å². The van der Waals surface area contributed by atoms with Gasteiger partial charge in [-0.25, -0.2) is 0 Å². The molecule has 6 heteroatoms. The minimum Gasteiger partial charge on any atom is -0.380 e. The van der Waals surface area contributed by atoms with Gasteiger partial charge in [-0.2, -0.15) is 4.98 Å². The van der Waals surface area contributed by atoms with E-state index in [9.17, 15) is 0 Å². The SMILES string of the molecule is CO[C@@H]1CN[C@@H](c2nc(N3CCCCCC3)no2)C1. The third kappa shape index (κ3) is 2.90. The van der Waals surface area contributed by atoms with Crippen LogP contribution in [-0.4, -0.2) is 43.0 Å². The third-order valence-corrected chi connectivity index (χ3v) is 4.04. The molecule has 0 saturated carbocycles. The summed E-state index contributed by atoms with van der Waals surface area (Å²) in [4.78, 5) is 6.80. The molecular formula is C13H22N4O2. The van der Waals surface area contributed by atoms with Crippen LogP contribution in [-0.2, 0) is 4.74 Å². The first-order valence-electron chi connectivity index (χ1n) is 7.21. The van der Waals surface area contributed by atoms with E-state index in [1.165, 1.54) is 25.7 Å². The minimum atomic E-state index is 0.137.